The van der Waals surface area contributed by atoms with E-state index in [-0.39, 0.29) is 0 Å². The highest BCUT2D eigenvalue weighted by Gasteiger charge is 2.21. The van der Waals surface area contributed by atoms with E-state index in [1.54, 1.807) is 0 Å². The van der Waals surface area contributed by atoms with Crippen LogP contribution in [0.2, 0.25) is 0 Å². The van der Waals surface area contributed by atoms with Crippen molar-refractivity contribution in [3.8, 4) is 0 Å². The lowest BCUT2D eigenvalue weighted by Gasteiger charge is -2.29. The van der Waals surface area contributed by atoms with Crippen LogP contribution in [0.15, 0.2) is 6.07 Å². The van der Waals surface area contributed by atoms with E-state index in [0.29, 0.717) is 17.8 Å². The number of hydrazine groups is 1. The van der Waals surface area contributed by atoms with Crippen LogP contribution in [0.25, 0.3) is 0 Å². The highest BCUT2D eigenvalue weighted by Crippen LogP contribution is 2.28. The van der Waals surface area contributed by atoms with Crippen LogP contribution in [-0.2, 0) is 0 Å². The fourth-order valence-corrected chi connectivity index (χ4v) is 2.87. The number of hydrogen-bond donors (Lipinski definition) is 3. The van der Waals surface area contributed by atoms with Crippen LogP contribution in [0.4, 0.5) is 11.6 Å². The monoisotopic (exact) mass is 277 g/mol. The van der Waals surface area contributed by atoms with E-state index in [9.17, 15) is 0 Å². The molecule has 0 bridgehead atoms. The minimum absolute atomic E-state index is 0.290. The number of nitrogens with one attached hydrogen (secondary N) is 2. The Hall–Kier alpha value is -1.36. The van der Waals surface area contributed by atoms with Crippen molar-refractivity contribution < 1.29 is 0 Å². The molecule has 1 fully saturated rings. The maximum atomic E-state index is 5.50. The van der Waals surface area contributed by atoms with Crippen LogP contribution < -0.4 is 16.6 Å². The largest absolute Gasteiger partial charge is 0.367 e. The fraction of sp³-hybridized carbons (Fsp3) is 0.733. The Bertz CT molecular complexity index is 432. The Morgan fingerprint density at radius 1 is 1.30 bits per heavy atom. The van der Waals surface area contributed by atoms with Gasteiger partial charge in [-0.2, -0.15) is 0 Å². The van der Waals surface area contributed by atoms with E-state index in [1.807, 2.05) is 6.07 Å². The van der Waals surface area contributed by atoms with E-state index < -0.39 is 0 Å². The minimum Gasteiger partial charge on any atom is -0.367 e. The first-order valence-corrected chi connectivity index (χ1v) is 7.74. The number of nitrogen functional groups attached to an aromatic ring is 1. The smallest absolute Gasteiger partial charge is 0.145 e. The van der Waals surface area contributed by atoms with Crippen molar-refractivity contribution in [2.75, 3.05) is 10.7 Å². The van der Waals surface area contributed by atoms with Gasteiger partial charge in [0.25, 0.3) is 0 Å². The number of rotatable bonds is 5. The van der Waals surface area contributed by atoms with Gasteiger partial charge >= 0.3 is 0 Å². The van der Waals surface area contributed by atoms with E-state index in [2.05, 4.69) is 41.5 Å². The summed E-state index contributed by atoms with van der Waals surface area (Å²) in [7, 11) is 0. The SMILES string of the molecule is CCC1CCCC(Nc2cc(NN)nc(C(C)C)n2)C1. The van der Waals surface area contributed by atoms with Crippen molar-refractivity contribution in [2.24, 2.45) is 11.8 Å². The summed E-state index contributed by atoms with van der Waals surface area (Å²) in [5.41, 5.74) is 2.63. The fourth-order valence-electron chi connectivity index (χ4n) is 2.87. The molecule has 1 aromatic rings. The molecule has 1 heterocycles. The molecule has 1 aromatic heterocycles. The van der Waals surface area contributed by atoms with Gasteiger partial charge < -0.3 is 10.7 Å². The van der Waals surface area contributed by atoms with Crippen LogP contribution in [0.1, 0.15) is 64.6 Å². The van der Waals surface area contributed by atoms with Crippen molar-refractivity contribution in [3.63, 3.8) is 0 Å². The summed E-state index contributed by atoms with van der Waals surface area (Å²) >= 11 is 0. The topological polar surface area (TPSA) is 75.9 Å². The number of nitrogens with zero attached hydrogens (tertiary/aromatic N) is 2. The molecule has 0 aromatic carbocycles. The molecular weight excluding hydrogens is 250 g/mol. The number of anilines is 2. The van der Waals surface area contributed by atoms with Gasteiger partial charge in [0.05, 0.1) is 0 Å². The first-order chi connectivity index (χ1) is 9.62. The van der Waals surface area contributed by atoms with Gasteiger partial charge in [-0.25, -0.2) is 15.8 Å². The second kappa shape index (κ2) is 6.88. The van der Waals surface area contributed by atoms with Gasteiger partial charge in [-0.1, -0.05) is 40.0 Å². The predicted octanol–water partition coefficient (Wildman–Crippen LogP) is 3.27. The summed E-state index contributed by atoms with van der Waals surface area (Å²) in [5, 5.41) is 3.57. The summed E-state index contributed by atoms with van der Waals surface area (Å²) < 4.78 is 0. The molecule has 1 aliphatic carbocycles. The summed E-state index contributed by atoms with van der Waals surface area (Å²) in [6, 6.07) is 2.41. The molecule has 1 aliphatic rings. The quantitative estimate of drug-likeness (QED) is 0.569. The Morgan fingerprint density at radius 2 is 2.05 bits per heavy atom. The highest BCUT2D eigenvalue weighted by molar-refractivity contribution is 5.47. The van der Waals surface area contributed by atoms with Gasteiger partial charge in [-0.05, 0) is 18.8 Å². The van der Waals surface area contributed by atoms with Crippen LogP contribution in [0.3, 0.4) is 0 Å². The molecule has 0 radical (unpaired) electrons. The molecule has 0 saturated heterocycles. The Kier molecular flexibility index (Phi) is 5.17. The summed E-state index contributed by atoms with van der Waals surface area (Å²) in [4.78, 5) is 9.00. The van der Waals surface area contributed by atoms with E-state index in [1.165, 1.54) is 32.1 Å². The molecule has 2 unspecified atom stereocenters. The molecule has 4 N–H and O–H groups in total. The molecule has 1 saturated carbocycles. The Balaban J connectivity index is 2.09. The maximum Gasteiger partial charge on any atom is 0.145 e. The Labute approximate surface area is 121 Å². The predicted molar refractivity (Wildman–Crippen MR) is 83.6 cm³/mol. The second-order valence-electron chi connectivity index (χ2n) is 6.08. The minimum atomic E-state index is 0.290. The Morgan fingerprint density at radius 3 is 2.70 bits per heavy atom. The van der Waals surface area contributed by atoms with Gasteiger partial charge in [0.1, 0.15) is 17.5 Å². The lowest BCUT2D eigenvalue weighted by Crippen LogP contribution is -2.28. The molecular formula is C15H27N5. The molecule has 5 nitrogen and oxygen atoms in total. The number of aromatic nitrogens is 2. The van der Waals surface area contributed by atoms with E-state index >= 15 is 0 Å². The van der Waals surface area contributed by atoms with Crippen LogP contribution in [0.5, 0.6) is 0 Å². The third-order valence-corrected chi connectivity index (χ3v) is 4.12. The highest BCUT2D eigenvalue weighted by atomic mass is 15.3. The van der Waals surface area contributed by atoms with Crippen molar-refractivity contribution in [1.82, 2.24) is 9.97 Å². The third-order valence-electron chi connectivity index (χ3n) is 4.12. The average molecular weight is 277 g/mol. The lowest BCUT2D eigenvalue weighted by atomic mass is 9.84. The van der Waals surface area contributed by atoms with Crippen molar-refractivity contribution in [1.29, 1.82) is 0 Å². The average Bonchev–Trinajstić information content (AvgIpc) is 2.47. The van der Waals surface area contributed by atoms with Crippen LogP contribution in [0, 0.1) is 5.92 Å². The van der Waals surface area contributed by atoms with Gasteiger partial charge in [0, 0.05) is 18.0 Å². The third kappa shape index (κ3) is 3.82. The summed E-state index contributed by atoms with van der Waals surface area (Å²) in [5.74, 6) is 9.02. The van der Waals surface area contributed by atoms with Crippen LogP contribution in [-0.4, -0.2) is 16.0 Å². The zero-order chi connectivity index (χ0) is 14.5. The van der Waals surface area contributed by atoms with Gasteiger partial charge in [0.15, 0.2) is 0 Å². The lowest BCUT2D eigenvalue weighted by molar-refractivity contribution is 0.327. The molecule has 20 heavy (non-hydrogen) atoms. The molecule has 0 aliphatic heterocycles. The normalized spacial score (nSPS) is 22.9. The molecule has 5 heteroatoms. The van der Waals surface area contributed by atoms with Gasteiger partial charge in [-0.15, -0.1) is 0 Å². The first-order valence-electron chi connectivity index (χ1n) is 7.74. The molecule has 2 rings (SSSR count). The van der Waals surface area contributed by atoms with Crippen molar-refractivity contribution in [3.05, 3.63) is 11.9 Å². The first kappa shape index (κ1) is 15.0. The van der Waals surface area contributed by atoms with Crippen LogP contribution >= 0.6 is 0 Å². The summed E-state index contributed by atoms with van der Waals surface area (Å²) in [6.07, 6.45) is 6.41. The zero-order valence-corrected chi connectivity index (χ0v) is 12.8. The number of nitrogens with two attached hydrogens (primary N) is 1. The van der Waals surface area contributed by atoms with Crippen molar-refractivity contribution in [2.45, 2.75) is 64.8 Å². The number of hydrogen-bond acceptors (Lipinski definition) is 5. The maximum absolute atomic E-state index is 5.50. The zero-order valence-electron chi connectivity index (χ0n) is 12.8. The molecule has 0 amide bonds. The second-order valence-corrected chi connectivity index (χ2v) is 6.08. The van der Waals surface area contributed by atoms with E-state index in [4.69, 9.17) is 5.84 Å². The molecule has 2 atom stereocenters. The molecule has 112 valence electrons. The standard InChI is InChI=1S/C15H27N5/c1-4-11-6-5-7-12(8-11)17-13-9-14(20-16)19-15(18-13)10(2)3/h9-12H,4-8,16H2,1-3H3,(H2,17,18,19,20). The van der Waals surface area contributed by atoms with Gasteiger partial charge in [-0.3, -0.25) is 0 Å². The van der Waals surface area contributed by atoms with E-state index in [0.717, 1.165) is 17.6 Å². The van der Waals surface area contributed by atoms with Crippen molar-refractivity contribution >= 4 is 11.6 Å². The molecule has 0 spiro atoms. The summed E-state index contributed by atoms with van der Waals surface area (Å²) in [6.45, 7) is 6.46. The van der Waals surface area contributed by atoms with Gasteiger partial charge in [0.2, 0.25) is 0 Å².